The van der Waals surface area contributed by atoms with Crippen molar-refractivity contribution < 1.29 is 19.4 Å². The maximum atomic E-state index is 13.4. The summed E-state index contributed by atoms with van der Waals surface area (Å²) in [7, 11) is 0. The zero-order valence-corrected chi connectivity index (χ0v) is 22.0. The van der Waals surface area contributed by atoms with Gasteiger partial charge in [0.15, 0.2) is 10.9 Å². The topological polar surface area (TPSA) is 97.0 Å². The van der Waals surface area contributed by atoms with Crippen LogP contribution in [-0.4, -0.2) is 37.8 Å². The number of thiazole rings is 1. The lowest BCUT2D eigenvalue weighted by molar-refractivity contribution is -0.132. The SMILES string of the molecule is Cc1cccn2c(C)c(/C(O)=C3\C(=O)C(=O)N(c4nccs4)C3c3cccc(OCCC(C)C)c3)nc12. The second-order valence-corrected chi connectivity index (χ2v) is 10.4. The highest BCUT2D eigenvalue weighted by molar-refractivity contribution is 7.14. The van der Waals surface area contributed by atoms with Crippen LogP contribution in [0.4, 0.5) is 5.13 Å². The third kappa shape index (κ3) is 4.40. The molecule has 37 heavy (non-hydrogen) atoms. The summed E-state index contributed by atoms with van der Waals surface area (Å²) in [6, 6.07) is 10.2. The first kappa shape index (κ1) is 24.7. The number of benzene rings is 1. The fourth-order valence-electron chi connectivity index (χ4n) is 4.54. The van der Waals surface area contributed by atoms with E-state index in [-0.39, 0.29) is 17.0 Å². The zero-order chi connectivity index (χ0) is 26.3. The molecule has 8 nitrogen and oxygen atoms in total. The summed E-state index contributed by atoms with van der Waals surface area (Å²) in [5.41, 5.74) is 3.14. The molecule has 1 aromatic carbocycles. The first-order chi connectivity index (χ1) is 17.8. The first-order valence-corrected chi connectivity index (χ1v) is 13.0. The number of carbonyl (C=O) groups is 2. The summed E-state index contributed by atoms with van der Waals surface area (Å²) in [5.74, 6) is -0.712. The number of amides is 1. The smallest absolute Gasteiger partial charge is 0.301 e. The van der Waals surface area contributed by atoms with Gasteiger partial charge in [0.05, 0.1) is 23.9 Å². The van der Waals surface area contributed by atoms with Crippen LogP contribution in [0.2, 0.25) is 0 Å². The Balaban J connectivity index is 1.67. The van der Waals surface area contributed by atoms with E-state index < -0.39 is 17.7 Å². The summed E-state index contributed by atoms with van der Waals surface area (Å²) in [6.07, 6.45) is 4.33. The predicted octanol–water partition coefficient (Wildman–Crippen LogP) is 5.46. The molecule has 5 rings (SSSR count). The number of aliphatic hydroxyl groups excluding tert-OH is 1. The second-order valence-electron chi connectivity index (χ2n) is 9.52. The molecule has 1 fully saturated rings. The van der Waals surface area contributed by atoms with Gasteiger partial charge in [-0.1, -0.05) is 32.0 Å². The van der Waals surface area contributed by atoms with E-state index >= 15 is 0 Å². The van der Waals surface area contributed by atoms with Gasteiger partial charge in [0.1, 0.15) is 17.1 Å². The number of hydrogen-bond donors (Lipinski definition) is 1. The summed E-state index contributed by atoms with van der Waals surface area (Å²) >= 11 is 1.25. The van der Waals surface area contributed by atoms with Crippen LogP contribution in [0.25, 0.3) is 11.4 Å². The van der Waals surface area contributed by atoms with E-state index in [9.17, 15) is 14.7 Å². The number of rotatable bonds is 7. The van der Waals surface area contributed by atoms with Gasteiger partial charge in [0.25, 0.3) is 5.78 Å². The Hall–Kier alpha value is -3.98. The van der Waals surface area contributed by atoms with Crippen LogP contribution in [0.15, 0.2) is 59.7 Å². The summed E-state index contributed by atoms with van der Waals surface area (Å²) in [5, 5.41) is 13.7. The number of aliphatic hydroxyl groups is 1. The van der Waals surface area contributed by atoms with Crippen molar-refractivity contribution >= 4 is 39.6 Å². The molecule has 0 saturated carbocycles. The van der Waals surface area contributed by atoms with Crippen molar-refractivity contribution in [2.45, 2.75) is 40.2 Å². The van der Waals surface area contributed by atoms with E-state index in [4.69, 9.17) is 4.74 Å². The number of hydrogen-bond acceptors (Lipinski definition) is 7. The number of carbonyl (C=O) groups excluding carboxylic acids is 2. The van der Waals surface area contributed by atoms with Crippen LogP contribution in [0.5, 0.6) is 5.75 Å². The first-order valence-electron chi connectivity index (χ1n) is 12.2. The molecule has 1 amide bonds. The molecule has 1 aliphatic heterocycles. The molecule has 0 bridgehead atoms. The number of aryl methyl sites for hydroxylation is 2. The Bertz CT molecular complexity index is 1520. The van der Waals surface area contributed by atoms with Crippen LogP contribution >= 0.6 is 11.3 Å². The summed E-state index contributed by atoms with van der Waals surface area (Å²) in [4.78, 5) is 37.0. The maximum absolute atomic E-state index is 13.4. The Kier molecular flexibility index (Phi) is 6.55. The minimum Gasteiger partial charge on any atom is -0.505 e. The van der Waals surface area contributed by atoms with Gasteiger partial charge in [-0.3, -0.25) is 14.5 Å². The van der Waals surface area contributed by atoms with Gasteiger partial charge in [0.2, 0.25) is 0 Å². The third-order valence-electron chi connectivity index (χ3n) is 6.52. The van der Waals surface area contributed by atoms with E-state index in [2.05, 4.69) is 23.8 Å². The second kappa shape index (κ2) is 9.82. The van der Waals surface area contributed by atoms with Crippen molar-refractivity contribution in [1.29, 1.82) is 0 Å². The number of fused-ring (bicyclic) bond motifs is 1. The highest BCUT2D eigenvalue weighted by atomic mass is 32.1. The number of ketones is 1. The molecule has 3 aromatic heterocycles. The van der Waals surface area contributed by atoms with Crippen LogP contribution in [0, 0.1) is 19.8 Å². The molecule has 1 unspecified atom stereocenters. The average Bonchev–Trinajstić information content (AvgIpc) is 3.58. The van der Waals surface area contributed by atoms with Gasteiger partial charge in [-0.15, -0.1) is 11.3 Å². The lowest BCUT2D eigenvalue weighted by atomic mass is 9.96. The third-order valence-corrected chi connectivity index (χ3v) is 7.29. The number of imidazole rings is 1. The summed E-state index contributed by atoms with van der Waals surface area (Å²) in [6.45, 7) is 8.56. The molecular weight excluding hydrogens is 488 g/mol. The van der Waals surface area contributed by atoms with Crippen molar-refractivity contribution in [3.8, 4) is 5.75 Å². The molecule has 1 N–H and O–H groups in total. The van der Waals surface area contributed by atoms with Gasteiger partial charge >= 0.3 is 5.91 Å². The molecule has 1 saturated heterocycles. The minimum atomic E-state index is -0.884. The fraction of sp³-hybridized carbons (Fsp3) is 0.286. The monoisotopic (exact) mass is 516 g/mol. The van der Waals surface area contributed by atoms with Crippen LogP contribution in [0.1, 0.15) is 48.8 Å². The highest BCUT2D eigenvalue weighted by Crippen LogP contribution is 2.43. The Morgan fingerprint density at radius 3 is 2.70 bits per heavy atom. The number of anilines is 1. The van der Waals surface area contributed by atoms with Gasteiger partial charge in [-0.2, -0.15) is 0 Å². The van der Waals surface area contributed by atoms with Crippen molar-refractivity contribution in [1.82, 2.24) is 14.4 Å². The van der Waals surface area contributed by atoms with Crippen molar-refractivity contribution in [3.05, 3.63) is 82.3 Å². The van der Waals surface area contributed by atoms with Crippen molar-refractivity contribution in [2.75, 3.05) is 11.5 Å². The van der Waals surface area contributed by atoms with Crippen molar-refractivity contribution in [2.24, 2.45) is 5.92 Å². The summed E-state index contributed by atoms with van der Waals surface area (Å²) < 4.78 is 7.81. The number of ether oxygens (including phenoxy) is 1. The van der Waals surface area contributed by atoms with Gasteiger partial charge in [-0.25, -0.2) is 9.97 Å². The van der Waals surface area contributed by atoms with E-state index in [0.717, 1.165) is 12.0 Å². The molecule has 190 valence electrons. The highest BCUT2D eigenvalue weighted by Gasteiger charge is 2.48. The van der Waals surface area contributed by atoms with Crippen molar-refractivity contribution in [3.63, 3.8) is 0 Å². The molecule has 1 aliphatic rings. The Labute approximate surface area is 218 Å². The maximum Gasteiger partial charge on any atom is 0.301 e. The number of nitrogens with zero attached hydrogens (tertiary/aromatic N) is 4. The lowest BCUT2D eigenvalue weighted by Crippen LogP contribution is -2.29. The molecule has 4 aromatic rings. The zero-order valence-electron chi connectivity index (χ0n) is 21.1. The fourth-order valence-corrected chi connectivity index (χ4v) is 5.21. The standard InChI is InChI=1S/C28H28N4O4S/c1-16(2)10-13-36-20-9-5-8-19(15-20)23-21(25(34)27(35)32(23)28-29-11-14-37-28)24(33)22-18(4)31-12-6-7-17(3)26(31)30-22/h5-9,11-12,14-16,23,33H,10,13H2,1-4H3/b24-21+. The van der Waals surface area contributed by atoms with Gasteiger partial charge in [-0.05, 0) is 55.5 Å². The van der Waals surface area contributed by atoms with E-state index in [1.165, 1.54) is 16.2 Å². The quantitative estimate of drug-likeness (QED) is 0.199. The molecular formula is C28H28N4O4S. The molecule has 0 radical (unpaired) electrons. The van der Waals surface area contributed by atoms with E-state index in [1.54, 1.807) is 11.6 Å². The minimum absolute atomic E-state index is 0.0244. The van der Waals surface area contributed by atoms with Gasteiger partial charge < -0.3 is 14.2 Å². The van der Waals surface area contributed by atoms with E-state index in [1.807, 2.05) is 60.8 Å². The molecule has 4 heterocycles. The Morgan fingerprint density at radius 2 is 2.00 bits per heavy atom. The number of Topliss-reactive ketones (excluding diaryl/α,β-unsaturated/α-hetero) is 1. The lowest BCUT2D eigenvalue weighted by Gasteiger charge is -2.23. The molecule has 0 aliphatic carbocycles. The number of aromatic nitrogens is 3. The number of pyridine rings is 1. The van der Waals surface area contributed by atoms with Crippen LogP contribution in [0.3, 0.4) is 0 Å². The van der Waals surface area contributed by atoms with Gasteiger partial charge in [0, 0.05) is 17.8 Å². The van der Waals surface area contributed by atoms with Crippen LogP contribution < -0.4 is 9.64 Å². The normalized spacial score (nSPS) is 17.3. The predicted molar refractivity (Wildman–Crippen MR) is 143 cm³/mol. The average molecular weight is 517 g/mol. The van der Waals surface area contributed by atoms with Crippen LogP contribution in [-0.2, 0) is 9.59 Å². The molecule has 9 heteroatoms. The molecule has 1 atom stereocenters. The van der Waals surface area contributed by atoms with E-state index in [0.29, 0.717) is 40.3 Å². The largest absolute Gasteiger partial charge is 0.505 e. The Morgan fingerprint density at radius 1 is 1.19 bits per heavy atom. The molecule has 0 spiro atoms.